The van der Waals surface area contributed by atoms with Gasteiger partial charge in [-0.2, -0.15) is 0 Å². The Balaban J connectivity index is 2.31. The quantitative estimate of drug-likeness (QED) is 0.616. The van der Waals surface area contributed by atoms with Crippen LogP contribution in [-0.2, 0) is 12.8 Å². The van der Waals surface area contributed by atoms with Crippen LogP contribution in [-0.4, -0.2) is 37.7 Å². The number of carbonyl (C=O) groups is 2. The van der Waals surface area contributed by atoms with Crippen LogP contribution >= 0.6 is 0 Å². The molecule has 1 aliphatic rings. The highest BCUT2D eigenvalue weighted by molar-refractivity contribution is 6.29. The summed E-state index contributed by atoms with van der Waals surface area (Å²) >= 11 is 0. The van der Waals surface area contributed by atoms with E-state index in [1.807, 2.05) is 0 Å². The number of nitrogens with two attached hydrogens (primary N) is 1. The van der Waals surface area contributed by atoms with Crippen LogP contribution in [0.15, 0.2) is 24.3 Å². The summed E-state index contributed by atoms with van der Waals surface area (Å²) in [6, 6.07) is 6.66. The Bertz CT molecular complexity index is 839. The Kier molecular flexibility index (Phi) is 4.09. The standard InChI is InChI=1S/C20H24N2O4/c1-19(2,25)9-13-15-16(14(22(13)21)10-20(3,4)26)18(24)12-8-6-5-7-11(12)17(15)23/h5-8,25-26H,9-10,21H2,1-4H3. The Morgan fingerprint density at radius 3 is 1.50 bits per heavy atom. The van der Waals surface area contributed by atoms with Gasteiger partial charge in [0.15, 0.2) is 11.6 Å². The van der Waals surface area contributed by atoms with Gasteiger partial charge in [-0.25, -0.2) is 0 Å². The monoisotopic (exact) mass is 356 g/mol. The van der Waals surface area contributed by atoms with Gasteiger partial charge in [-0.15, -0.1) is 0 Å². The Hall–Kier alpha value is -2.44. The molecule has 1 aromatic carbocycles. The number of ketones is 2. The Labute approximate surface area is 152 Å². The highest BCUT2D eigenvalue weighted by Gasteiger charge is 2.39. The summed E-state index contributed by atoms with van der Waals surface area (Å²) in [4.78, 5) is 26.3. The lowest BCUT2D eigenvalue weighted by Gasteiger charge is -2.20. The summed E-state index contributed by atoms with van der Waals surface area (Å²) in [7, 11) is 0. The van der Waals surface area contributed by atoms with Gasteiger partial charge in [-0.3, -0.25) is 14.3 Å². The van der Waals surface area contributed by atoms with Crippen LogP contribution in [0.1, 0.15) is 70.9 Å². The molecule has 4 N–H and O–H groups in total. The number of carbonyl (C=O) groups excluding carboxylic acids is 2. The predicted molar refractivity (Wildman–Crippen MR) is 97.9 cm³/mol. The van der Waals surface area contributed by atoms with Gasteiger partial charge in [0.25, 0.3) is 0 Å². The summed E-state index contributed by atoms with van der Waals surface area (Å²) in [6.07, 6.45) is 0.220. The topological polar surface area (TPSA) is 106 Å². The van der Waals surface area contributed by atoms with Crippen molar-refractivity contribution >= 4 is 11.6 Å². The molecule has 138 valence electrons. The van der Waals surface area contributed by atoms with Crippen LogP contribution in [0.3, 0.4) is 0 Å². The fourth-order valence-corrected chi connectivity index (χ4v) is 3.50. The predicted octanol–water partition coefficient (Wildman–Crippen LogP) is 1.60. The van der Waals surface area contributed by atoms with E-state index in [2.05, 4.69) is 0 Å². The Morgan fingerprint density at radius 2 is 1.19 bits per heavy atom. The summed E-state index contributed by atoms with van der Waals surface area (Å²) in [5.41, 5.74) is -0.287. The summed E-state index contributed by atoms with van der Waals surface area (Å²) < 4.78 is 1.29. The van der Waals surface area contributed by atoms with Gasteiger partial charge in [-0.1, -0.05) is 24.3 Å². The van der Waals surface area contributed by atoms with Crippen molar-refractivity contribution < 1.29 is 19.8 Å². The highest BCUT2D eigenvalue weighted by Crippen LogP contribution is 2.35. The molecule has 0 amide bonds. The number of benzene rings is 1. The SMILES string of the molecule is CC(C)(O)Cc1c2c(c(CC(C)(C)O)n1N)C(=O)c1ccccc1C2=O. The van der Waals surface area contributed by atoms with Crippen LogP contribution < -0.4 is 5.84 Å². The zero-order valence-corrected chi connectivity index (χ0v) is 15.5. The molecule has 0 fully saturated rings. The van der Waals surface area contributed by atoms with Crippen molar-refractivity contribution in [2.24, 2.45) is 0 Å². The number of hydrogen-bond acceptors (Lipinski definition) is 5. The van der Waals surface area contributed by atoms with Crippen LogP contribution in [0.5, 0.6) is 0 Å². The molecule has 1 aliphatic carbocycles. The first kappa shape index (κ1) is 18.4. The van der Waals surface area contributed by atoms with Gasteiger partial charge in [0, 0.05) is 24.0 Å². The molecule has 1 aromatic heterocycles. The molecule has 1 heterocycles. The molecule has 6 nitrogen and oxygen atoms in total. The second kappa shape index (κ2) is 5.79. The summed E-state index contributed by atoms with van der Waals surface area (Å²) in [6.45, 7) is 6.46. The molecular formula is C20H24N2O4. The average Bonchev–Trinajstić information content (AvgIpc) is 2.76. The minimum absolute atomic E-state index is 0.110. The van der Waals surface area contributed by atoms with Crippen LogP contribution in [0, 0.1) is 0 Å². The molecule has 0 aliphatic heterocycles. The van der Waals surface area contributed by atoms with Gasteiger partial charge in [0.2, 0.25) is 0 Å². The number of aliphatic hydroxyl groups is 2. The maximum atomic E-state index is 13.1. The summed E-state index contributed by atoms with van der Waals surface area (Å²) in [5.74, 6) is 5.68. The van der Waals surface area contributed by atoms with Gasteiger partial charge < -0.3 is 16.1 Å². The molecule has 0 unspecified atom stereocenters. The Morgan fingerprint density at radius 1 is 0.846 bits per heavy atom. The van der Waals surface area contributed by atoms with E-state index in [9.17, 15) is 19.8 Å². The lowest BCUT2D eigenvalue weighted by molar-refractivity contribution is 0.0771. The van der Waals surface area contributed by atoms with Crippen molar-refractivity contribution in [1.82, 2.24) is 4.68 Å². The molecule has 0 spiro atoms. The molecule has 0 saturated heterocycles. The van der Waals surface area contributed by atoms with E-state index in [4.69, 9.17) is 5.84 Å². The third-order valence-electron chi connectivity index (χ3n) is 4.48. The number of rotatable bonds is 4. The first-order valence-electron chi connectivity index (χ1n) is 8.55. The number of fused-ring (bicyclic) bond motifs is 2. The average molecular weight is 356 g/mol. The van der Waals surface area contributed by atoms with E-state index in [0.717, 1.165) is 0 Å². The van der Waals surface area contributed by atoms with E-state index < -0.39 is 11.2 Å². The van der Waals surface area contributed by atoms with Crippen molar-refractivity contribution in [2.45, 2.75) is 51.7 Å². The second-order valence-corrected chi connectivity index (χ2v) is 8.20. The van der Waals surface area contributed by atoms with E-state index >= 15 is 0 Å². The van der Waals surface area contributed by atoms with E-state index in [1.165, 1.54) is 4.68 Å². The lowest BCUT2D eigenvalue weighted by Crippen LogP contribution is -2.30. The second-order valence-electron chi connectivity index (χ2n) is 8.20. The third kappa shape index (κ3) is 3.06. The molecule has 3 rings (SSSR count). The number of nitrogens with zero attached hydrogens (tertiary/aromatic N) is 1. The molecule has 0 radical (unpaired) electrons. The van der Waals surface area contributed by atoms with Crippen molar-refractivity contribution in [3.05, 3.63) is 57.9 Å². The maximum Gasteiger partial charge on any atom is 0.196 e. The van der Waals surface area contributed by atoms with Crippen molar-refractivity contribution in [3.8, 4) is 0 Å². The van der Waals surface area contributed by atoms with Gasteiger partial charge >= 0.3 is 0 Å². The van der Waals surface area contributed by atoms with Crippen molar-refractivity contribution in [3.63, 3.8) is 0 Å². The summed E-state index contributed by atoms with van der Waals surface area (Å²) in [5, 5.41) is 20.5. The number of hydrogen-bond donors (Lipinski definition) is 3. The van der Waals surface area contributed by atoms with Gasteiger partial charge in [0.05, 0.1) is 33.7 Å². The number of aromatic nitrogens is 1. The van der Waals surface area contributed by atoms with Crippen molar-refractivity contribution in [1.29, 1.82) is 0 Å². The first-order chi connectivity index (χ1) is 11.9. The van der Waals surface area contributed by atoms with E-state index in [1.54, 1.807) is 52.0 Å². The third-order valence-corrected chi connectivity index (χ3v) is 4.48. The van der Waals surface area contributed by atoms with Crippen LogP contribution in [0.25, 0.3) is 0 Å². The largest absolute Gasteiger partial charge is 0.390 e. The molecule has 6 heteroatoms. The fourth-order valence-electron chi connectivity index (χ4n) is 3.50. The van der Waals surface area contributed by atoms with Gasteiger partial charge in [0.1, 0.15) is 0 Å². The normalized spacial score (nSPS) is 14.4. The smallest absolute Gasteiger partial charge is 0.196 e. The fraction of sp³-hybridized carbons (Fsp3) is 0.400. The van der Waals surface area contributed by atoms with E-state index in [-0.39, 0.29) is 35.5 Å². The van der Waals surface area contributed by atoms with Crippen LogP contribution in [0.4, 0.5) is 0 Å². The molecule has 2 aromatic rings. The highest BCUT2D eigenvalue weighted by atomic mass is 16.3. The minimum atomic E-state index is -1.12. The molecular weight excluding hydrogens is 332 g/mol. The minimum Gasteiger partial charge on any atom is -0.390 e. The molecule has 0 bridgehead atoms. The molecule has 26 heavy (non-hydrogen) atoms. The van der Waals surface area contributed by atoms with Crippen molar-refractivity contribution in [2.75, 3.05) is 5.84 Å². The van der Waals surface area contributed by atoms with Crippen LogP contribution in [0.2, 0.25) is 0 Å². The zero-order valence-electron chi connectivity index (χ0n) is 15.5. The molecule has 0 saturated carbocycles. The number of nitrogen functional groups attached to an aromatic ring is 1. The first-order valence-corrected chi connectivity index (χ1v) is 8.55. The zero-order chi connectivity index (χ0) is 19.4. The van der Waals surface area contributed by atoms with E-state index in [0.29, 0.717) is 22.5 Å². The maximum absolute atomic E-state index is 13.1. The van der Waals surface area contributed by atoms with Gasteiger partial charge in [-0.05, 0) is 27.7 Å². The lowest BCUT2D eigenvalue weighted by atomic mass is 9.82. The molecule has 0 atom stereocenters.